The molecule has 5 aromatic rings. The van der Waals surface area contributed by atoms with Crippen LogP contribution >= 0.6 is 11.3 Å². The number of aromatic hydroxyl groups is 1. The molecule has 0 spiro atoms. The van der Waals surface area contributed by atoms with E-state index in [1.165, 1.54) is 4.90 Å². The van der Waals surface area contributed by atoms with Gasteiger partial charge < -0.3 is 40.9 Å². The largest absolute Gasteiger partial charge is 0.507 e. The van der Waals surface area contributed by atoms with Gasteiger partial charge in [-0.05, 0) is 80.7 Å². The van der Waals surface area contributed by atoms with E-state index in [0.29, 0.717) is 23.2 Å². The molecule has 3 amide bonds. The highest BCUT2D eigenvalue weighted by atomic mass is 32.1. The molecule has 6 atom stereocenters. The number of amides is 3. The van der Waals surface area contributed by atoms with Gasteiger partial charge in [-0.1, -0.05) is 57.2 Å². The van der Waals surface area contributed by atoms with Crippen LogP contribution in [0.3, 0.4) is 0 Å². The molecule has 71 heavy (non-hydrogen) atoms. The van der Waals surface area contributed by atoms with Crippen molar-refractivity contribution in [1.82, 2.24) is 45.6 Å². The van der Waals surface area contributed by atoms with Crippen molar-refractivity contribution in [2.24, 2.45) is 11.3 Å². The van der Waals surface area contributed by atoms with E-state index in [1.807, 2.05) is 82.0 Å². The van der Waals surface area contributed by atoms with Crippen LogP contribution in [0.1, 0.15) is 89.0 Å². The van der Waals surface area contributed by atoms with Gasteiger partial charge in [0.2, 0.25) is 23.7 Å². The molecule has 374 valence electrons. The van der Waals surface area contributed by atoms with Crippen molar-refractivity contribution in [3.8, 4) is 27.4 Å². The molecule has 1 saturated carbocycles. The zero-order valence-electron chi connectivity index (χ0n) is 41.3. The Morgan fingerprint density at radius 2 is 1.63 bits per heavy atom. The van der Waals surface area contributed by atoms with Crippen LogP contribution in [-0.4, -0.2) is 138 Å². The summed E-state index contributed by atoms with van der Waals surface area (Å²) in [6.45, 7) is 14.6. The molecular formula is C53H66N12O5S. The standard InChI is InChI=1S/C53H66N12O5S/c1-31-46(71-30-57-31)34-12-10-33(11-13-34)26-54-50(69)43-24-38(66)29-65(43)51(70)47(53(3,4)5)59-49(68)35-14-16-36(17-15-35)62-20-22-63(23-21-62)37-27-55-52(56-28-37)64-19-18-41-45(32(64)2)40-25-42(60-61-48(40)58-41)39-8-6-7-9-44(39)67/h6-13,25,27-28,30,32,35-36,38,41,43,45,47,66-67H,14-24,26,29H2,1-5H3,(H,54,69)(H,58,61)(H,59,68)/t32-,35-,36+,38-,41?,43+,45?,47-/m1/s1. The number of aromatic nitrogens is 5. The number of anilines is 3. The van der Waals surface area contributed by atoms with E-state index >= 15 is 0 Å². The Morgan fingerprint density at radius 3 is 2.32 bits per heavy atom. The van der Waals surface area contributed by atoms with Crippen molar-refractivity contribution in [1.29, 1.82) is 0 Å². The minimum Gasteiger partial charge on any atom is -0.507 e. The van der Waals surface area contributed by atoms with E-state index in [-0.39, 0.29) is 66.9 Å². The van der Waals surface area contributed by atoms with Gasteiger partial charge in [-0.25, -0.2) is 15.0 Å². The van der Waals surface area contributed by atoms with E-state index in [0.717, 1.165) is 104 Å². The summed E-state index contributed by atoms with van der Waals surface area (Å²) in [5, 5.41) is 39.9. The predicted molar refractivity (Wildman–Crippen MR) is 274 cm³/mol. The lowest BCUT2D eigenvalue weighted by molar-refractivity contribution is -0.144. The van der Waals surface area contributed by atoms with Crippen LogP contribution < -0.4 is 25.8 Å². The Kier molecular flexibility index (Phi) is 13.7. The van der Waals surface area contributed by atoms with Gasteiger partial charge in [0, 0.05) is 93.3 Å². The number of β-amino-alcohol motifs (C(OH)–C–C–N with tert-alkyl or cyclic N) is 1. The molecule has 17 nitrogen and oxygen atoms in total. The van der Waals surface area contributed by atoms with E-state index in [1.54, 1.807) is 23.5 Å². The number of aryl methyl sites for hydroxylation is 1. The van der Waals surface area contributed by atoms with Gasteiger partial charge in [-0.15, -0.1) is 21.5 Å². The number of nitrogens with one attached hydrogen (secondary N) is 3. The fourth-order valence-corrected chi connectivity index (χ4v) is 12.4. The van der Waals surface area contributed by atoms with Crippen LogP contribution in [0.15, 0.2) is 72.5 Å². The molecule has 5 aliphatic rings. The Hall–Kier alpha value is -6.24. The average molecular weight is 983 g/mol. The lowest BCUT2D eigenvalue weighted by atomic mass is 9.82. The second-order valence-corrected chi connectivity index (χ2v) is 22.1. The van der Waals surface area contributed by atoms with Crippen molar-refractivity contribution >= 4 is 46.5 Å². The number of phenols is 1. The minimum atomic E-state index is -0.860. The summed E-state index contributed by atoms with van der Waals surface area (Å²) in [5.74, 6) is 0.857. The van der Waals surface area contributed by atoms with Crippen molar-refractivity contribution in [2.45, 2.75) is 122 Å². The second kappa shape index (κ2) is 20.1. The quantitative estimate of drug-likeness (QED) is 0.107. The van der Waals surface area contributed by atoms with Crippen molar-refractivity contribution < 1.29 is 24.6 Å². The summed E-state index contributed by atoms with van der Waals surface area (Å²) < 4.78 is 0. The van der Waals surface area contributed by atoms with Crippen molar-refractivity contribution in [3.63, 3.8) is 0 Å². The highest BCUT2D eigenvalue weighted by molar-refractivity contribution is 7.13. The monoisotopic (exact) mass is 982 g/mol. The van der Waals surface area contributed by atoms with Crippen LogP contribution in [-0.2, 0) is 20.9 Å². The summed E-state index contributed by atoms with van der Waals surface area (Å²) in [6, 6.07) is 16.3. The lowest BCUT2D eigenvalue weighted by Gasteiger charge is -2.43. The first-order valence-electron chi connectivity index (χ1n) is 25.3. The van der Waals surface area contributed by atoms with Crippen molar-refractivity contribution in [2.75, 3.05) is 54.4 Å². The van der Waals surface area contributed by atoms with E-state index < -0.39 is 23.6 Å². The van der Waals surface area contributed by atoms with Crippen LogP contribution in [0.25, 0.3) is 21.7 Å². The molecule has 0 bridgehead atoms. The Bertz CT molecular complexity index is 2720. The molecule has 10 rings (SSSR count). The number of piperazine rings is 1. The van der Waals surface area contributed by atoms with Gasteiger partial charge in [0.15, 0.2) is 5.82 Å². The molecule has 4 fully saturated rings. The zero-order valence-corrected chi connectivity index (χ0v) is 42.1. The van der Waals surface area contributed by atoms with Gasteiger partial charge >= 0.3 is 0 Å². The molecule has 3 saturated heterocycles. The van der Waals surface area contributed by atoms with Gasteiger partial charge in [0.05, 0.1) is 46.0 Å². The number of hydrogen-bond acceptors (Lipinski definition) is 15. The number of thiazole rings is 1. The van der Waals surface area contributed by atoms with Crippen LogP contribution in [0.5, 0.6) is 5.75 Å². The number of aliphatic hydroxyl groups excluding tert-OH is 1. The molecule has 1 aliphatic carbocycles. The topological polar surface area (TPSA) is 205 Å². The number of aliphatic hydroxyl groups is 1. The maximum atomic E-state index is 14.3. The molecule has 2 aromatic carbocycles. The van der Waals surface area contributed by atoms with E-state index in [4.69, 9.17) is 9.97 Å². The number of likely N-dealkylation sites (tertiary alicyclic amines) is 1. The third-order valence-corrected chi connectivity index (χ3v) is 16.6. The minimum absolute atomic E-state index is 0.0349. The van der Waals surface area contributed by atoms with Gasteiger partial charge in [0.25, 0.3) is 0 Å². The Balaban J connectivity index is 0.694. The third kappa shape index (κ3) is 10.0. The SMILES string of the molecule is Cc1ncsc1-c1ccc(CNC(=O)[C@@H]2C[C@@H](O)CN2C(=O)[C@@H](NC(=O)[C@H]2CC[C@@H](N3CCN(c4cnc(N5CCC6Nc7nnc(-c8ccccc8O)cc7C6[C@H]5C)nc4)CC3)CC2)C(C)(C)C)cc1. The number of carbonyl (C=O) groups excluding carboxylic acids is 3. The van der Waals surface area contributed by atoms with Gasteiger partial charge in [0.1, 0.15) is 17.8 Å². The molecule has 4 aliphatic heterocycles. The maximum Gasteiger partial charge on any atom is 0.246 e. The number of piperidine rings is 1. The number of fused-ring (bicyclic) bond motifs is 3. The average Bonchev–Trinajstić information content (AvgIpc) is 4.11. The smallest absolute Gasteiger partial charge is 0.246 e. The molecule has 3 aromatic heterocycles. The second-order valence-electron chi connectivity index (χ2n) is 21.2. The molecule has 7 heterocycles. The normalized spacial score (nSPS) is 25.0. The number of phenolic OH excluding ortho intramolecular Hbond substituents is 1. The Labute approximate surface area is 419 Å². The summed E-state index contributed by atoms with van der Waals surface area (Å²) in [4.78, 5) is 65.8. The molecule has 5 N–H and O–H groups in total. The summed E-state index contributed by atoms with van der Waals surface area (Å²) in [5.41, 5.74) is 7.59. The van der Waals surface area contributed by atoms with Crippen LogP contribution in [0.2, 0.25) is 0 Å². The van der Waals surface area contributed by atoms with E-state index in [9.17, 15) is 24.6 Å². The zero-order chi connectivity index (χ0) is 49.6. The first-order valence-corrected chi connectivity index (χ1v) is 26.1. The lowest BCUT2D eigenvalue weighted by Crippen LogP contribution is -2.58. The first kappa shape index (κ1) is 48.4. The van der Waals surface area contributed by atoms with Crippen molar-refractivity contribution in [3.05, 3.63) is 89.3 Å². The number of rotatable bonds is 11. The molecule has 0 radical (unpaired) electrons. The van der Waals surface area contributed by atoms with Crippen LogP contribution in [0.4, 0.5) is 17.5 Å². The highest BCUT2D eigenvalue weighted by Gasteiger charge is 2.46. The number of para-hydroxylation sites is 1. The summed E-state index contributed by atoms with van der Waals surface area (Å²) >= 11 is 1.59. The molecule has 18 heteroatoms. The van der Waals surface area contributed by atoms with Gasteiger partial charge in [-0.2, -0.15) is 0 Å². The summed E-state index contributed by atoms with van der Waals surface area (Å²) in [7, 11) is 0. The maximum absolute atomic E-state index is 14.3. The molecular weight excluding hydrogens is 917 g/mol. The number of nitrogens with zero attached hydrogens (tertiary/aromatic N) is 9. The Morgan fingerprint density at radius 1 is 0.901 bits per heavy atom. The number of carbonyl (C=O) groups is 3. The van der Waals surface area contributed by atoms with Crippen LogP contribution in [0, 0.1) is 18.3 Å². The predicted octanol–water partition coefficient (Wildman–Crippen LogP) is 5.74. The fourth-order valence-electron chi connectivity index (χ4n) is 11.6. The van der Waals surface area contributed by atoms with Gasteiger partial charge in [-0.3, -0.25) is 19.3 Å². The number of benzene rings is 2. The fraction of sp³-hybridized carbons (Fsp3) is 0.509. The van der Waals surface area contributed by atoms with E-state index in [2.05, 4.69) is 58.8 Å². The highest BCUT2D eigenvalue weighted by Crippen LogP contribution is 2.45. The third-order valence-electron chi connectivity index (χ3n) is 15.6. The molecule has 2 unspecified atom stereocenters. The number of hydrogen-bond donors (Lipinski definition) is 5. The summed E-state index contributed by atoms with van der Waals surface area (Å²) in [6.07, 6.45) is 7.38. The first-order chi connectivity index (χ1) is 34.2.